The van der Waals surface area contributed by atoms with Crippen molar-refractivity contribution in [3.05, 3.63) is 105 Å². The van der Waals surface area contributed by atoms with Crippen LogP contribution in [0.1, 0.15) is 76.3 Å². The fraction of sp³-hybridized carbons (Fsp3) is 0.410. The first-order chi connectivity index (χ1) is 24.7. The van der Waals surface area contributed by atoms with Crippen LogP contribution >= 0.6 is 0 Å². The van der Waals surface area contributed by atoms with Crippen molar-refractivity contribution < 1.29 is 41.4 Å². The Morgan fingerprint density at radius 3 is 2.23 bits per heavy atom. The first-order valence-electron chi connectivity index (χ1n) is 17.5. The number of hydrogen-bond donors (Lipinski definition) is 3. The minimum Gasteiger partial charge on any atom is -0.489 e. The fourth-order valence-electron chi connectivity index (χ4n) is 7.03. The SMILES string of the molecule is Cc1cc(C(=O)N2CCC(C)(O)CC2)cc(C)c1/C=C/S(C)(=O)(O)N1CCC2(CC1)N=C(c1ccc(COc3cccc(C(F)(F)F)c3)cc1)NC2=O. The molecule has 0 unspecified atom stereocenters. The lowest BCUT2D eigenvalue weighted by atomic mass is 9.89. The average Bonchev–Trinajstić information content (AvgIpc) is 3.41. The molecule has 284 valence electrons. The maximum atomic E-state index is 14.1. The average molecular weight is 755 g/mol. The number of aliphatic imine (C=N–C) groups is 1. The third-order valence-electron chi connectivity index (χ3n) is 10.5. The number of halogens is 3. The Bertz CT molecular complexity index is 2010. The van der Waals surface area contributed by atoms with E-state index in [0.717, 1.165) is 28.8 Å². The van der Waals surface area contributed by atoms with Crippen LogP contribution in [0.5, 0.6) is 5.75 Å². The number of likely N-dealkylation sites (tertiary alicyclic amines) is 1. The Balaban J connectivity index is 1.08. The number of ether oxygens (including phenoxy) is 1. The second-order valence-electron chi connectivity index (χ2n) is 14.8. The number of amides is 2. The van der Waals surface area contributed by atoms with Gasteiger partial charge in [-0.3, -0.25) is 19.1 Å². The molecule has 53 heavy (non-hydrogen) atoms. The predicted molar refractivity (Wildman–Crippen MR) is 198 cm³/mol. The smallest absolute Gasteiger partial charge is 0.416 e. The minimum atomic E-state index is -4.47. The van der Waals surface area contributed by atoms with Gasteiger partial charge in [-0.15, -0.1) is 9.53 Å². The molecule has 6 rings (SSSR count). The van der Waals surface area contributed by atoms with Gasteiger partial charge < -0.3 is 20.1 Å². The van der Waals surface area contributed by atoms with Crippen LogP contribution in [0.4, 0.5) is 13.2 Å². The number of amidine groups is 1. The number of carbonyl (C=O) groups excluding carboxylic acids is 2. The van der Waals surface area contributed by atoms with E-state index in [1.54, 1.807) is 54.3 Å². The summed E-state index contributed by atoms with van der Waals surface area (Å²) in [7, 11) is -4.47. The molecule has 2 saturated heterocycles. The Kier molecular flexibility index (Phi) is 9.99. The number of piperidine rings is 2. The topological polar surface area (TPSA) is 132 Å². The van der Waals surface area contributed by atoms with E-state index in [-0.39, 0.29) is 50.1 Å². The number of nitrogens with one attached hydrogen (secondary N) is 1. The Morgan fingerprint density at radius 2 is 1.62 bits per heavy atom. The van der Waals surface area contributed by atoms with E-state index in [4.69, 9.17) is 9.73 Å². The quantitative estimate of drug-likeness (QED) is 0.255. The van der Waals surface area contributed by atoms with Crippen LogP contribution in [0, 0.1) is 13.8 Å². The number of carbonyl (C=O) groups is 2. The number of alkyl halides is 3. The van der Waals surface area contributed by atoms with Crippen LogP contribution in [-0.4, -0.2) is 84.3 Å². The van der Waals surface area contributed by atoms with E-state index in [1.165, 1.54) is 28.1 Å². The first-order valence-corrected chi connectivity index (χ1v) is 19.8. The molecule has 1 spiro atoms. The molecule has 3 aromatic carbocycles. The summed E-state index contributed by atoms with van der Waals surface area (Å²) in [6, 6.07) is 15.2. The van der Waals surface area contributed by atoms with Crippen molar-refractivity contribution >= 4 is 33.3 Å². The molecule has 14 heteroatoms. The molecule has 3 aromatic rings. The molecule has 3 aliphatic heterocycles. The van der Waals surface area contributed by atoms with Crippen LogP contribution in [0.2, 0.25) is 0 Å². The summed E-state index contributed by atoms with van der Waals surface area (Å²) in [5.74, 6) is 0.0873. The maximum Gasteiger partial charge on any atom is 0.416 e. The lowest BCUT2D eigenvalue weighted by Gasteiger charge is -2.49. The third-order valence-corrected chi connectivity index (χ3v) is 12.9. The molecule has 3 N–H and O–H groups in total. The first kappa shape index (κ1) is 38.4. The molecule has 0 radical (unpaired) electrons. The Labute approximate surface area is 307 Å². The van der Waals surface area contributed by atoms with E-state index in [9.17, 15) is 36.6 Å². The van der Waals surface area contributed by atoms with Crippen LogP contribution in [0.3, 0.4) is 0 Å². The largest absolute Gasteiger partial charge is 0.489 e. The lowest BCUT2D eigenvalue weighted by molar-refractivity contribution is -0.137. The number of benzene rings is 3. The number of rotatable bonds is 8. The molecule has 0 bridgehead atoms. The van der Waals surface area contributed by atoms with Gasteiger partial charge in [-0.1, -0.05) is 30.3 Å². The summed E-state index contributed by atoms with van der Waals surface area (Å²) < 4.78 is 71.8. The predicted octanol–water partition coefficient (Wildman–Crippen LogP) is 6.11. The summed E-state index contributed by atoms with van der Waals surface area (Å²) in [4.78, 5) is 33.0. The number of hydrogen-bond acceptors (Lipinski definition) is 6. The summed E-state index contributed by atoms with van der Waals surface area (Å²) in [6.45, 7) is 6.78. The monoisotopic (exact) mass is 754 g/mol. The summed E-state index contributed by atoms with van der Waals surface area (Å²) in [5.41, 5.74) is 1.56. The summed E-state index contributed by atoms with van der Waals surface area (Å²) in [5, 5.41) is 14.4. The van der Waals surface area contributed by atoms with Crippen LogP contribution < -0.4 is 10.1 Å². The molecular weight excluding hydrogens is 710 g/mol. The molecule has 10 nitrogen and oxygen atoms in total. The molecule has 0 atom stereocenters. The highest BCUT2D eigenvalue weighted by molar-refractivity contribution is 8.15. The van der Waals surface area contributed by atoms with E-state index >= 15 is 0 Å². The zero-order valence-electron chi connectivity index (χ0n) is 30.2. The Morgan fingerprint density at radius 1 is 1.00 bits per heavy atom. The van der Waals surface area contributed by atoms with Crippen molar-refractivity contribution in [3.63, 3.8) is 0 Å². The fourth-order valence-corrected chi connectivity index (χ4v) is 8.72. The van der Waals surface area contributed by atoms with Gasteiger partial charge in [0.25, 0.3) is 11.8 Å². The summed E-state index contributed by atoms with van der Waals surface area (Å²) >= 11 is 0. The van der Waals surface area contributed by atoms with Gasteiger partial charge in [0, 0.05) is 49.0 Å². The highest BCUT2D eigenvalue weighted by Gasteiger charge is 2.48. The number of nitrogens with zero attached hydrogens (tertiary/aromatic N) is 3. The van der Waals surface area contributed by atoms with Gasteiger partial charge >= 0.3 is 6.18 Å². The van der Waals surface area contributed by atoms with Crippen molar-refractivity contribution in [2.75, 3.05) is 32.4 Å². The van der Waals surface area contributed by atoms with Gasteiger partial charge in [-0.25, -0.2) is 4.31 Å². The highest BCUT2D eigenvalue weighted by Crippen LogP contribution is 2.38. The van der Waals surface area contributed by atoms with Gasteiger partial charge in [0.1, 0.15) is 23.7 Å². The Hall–Kier alpha value is -4.37. The van der Waals surface area contributed by atoms with Crippen LogP contribution in [0.15, 0.2) is 71.1 Å². The van der Waals surface area contributed by atoms with Gasteiger partial charge in [-0.2, -0.15) is 17.4 Å². The second-order valence-corrected chi connectivity index (χ2v) is 18.2. The molecule has 0 saturated carbocycles. The van der Waals surface area contributed by atoms with Gasteiger partial charge in [0.05, 0.1) is 11.2 Å². The molecule has 3 heterocycles. The molecule has 0 aliphatic carbocycles. The standard InChI is InChI=1S/C39H45F3N4O6S/c1-26-22-30(35(47)45-17-13-37(3,49)14-18-45)23-27(2)33(26)12-21-53(4,50,51)46-19-15-38(16-20-46)36(48)43-34(44-38)29-10-8-28(9-11-29)25-52-32-7-5-6-31(24-32)39(40,41)42/h5-12,21-24,49H,13-20,25H2,1-4H3,(H,50,51)(H,43,44,48)/b21-12+. The van der Waals surface area contributed by atoms with E-state index in [1.807, 2.05) is 13.8 Å². The van der Waals surface area contributed by atoms with E-state index in [2.05, 4.69) is 5.32 Å². The van der Waals surface area contributed by atoms with Crippen molar-refractivity contribution in [1.29, 1.82) is 0 Å². The van der Waals surface area contributed by atoms with Gasteiger partial charge in [0.2, 0.25) is 0 Å². The van der Waals surface area contributed by atoms with Crippen molar-refractivity contribution in [2.45, 2.75) is 70.4 Å². The zero-order valence-corrected chi connectivity index (χ0v) is 31.0. The molecule has 2 fully saturated rings. The summed E-state index contributed by atoms with van der Waals surface area (Å²) in [6.07, 6.45) is -0.0694. The highest BCUT2D eigenvalue weighted by atomic mass is 32.3. The zero-order chi connectivity index (χ0) is 38.4. The van der Waals surface area contributed by atoms with E-state index in [0.29, 0.717) is 48.5 Å². The van der Waals surface area contributed by atoms with E-state index < -0.39 is 32.4 Å². The number of aliphatic hydroxyl groups is 1. The van der Waals surface area contributed by atoms with Crippen molar-refractivity contribution in [1.82, 2.24) is 14.5 Å². The van der Waals surface area contributed by atoms with Crippen molar-refractivity contribution in [2.24, 2.45) is 4.99 Å². The number of aryl methyl sites for hydroxylation is 2. The minimum absolute atomic E-state index is 0.0436. The molecule has 0 aromatic heterocycles. The lowest BCUT2D eigenvalue weighted by Crippen LogP contribution is -2.56. The second kappa shape index (κ2) is 13.8. The molecule has 3 aliphatic rings. The van der Waals surface area contributed by atoms with Gasteiger partial charge in [-0.05, 0) is 105 Å². The molecule has 2 amide bonds. The molecular formula is C39H45F3N4O6S. The maximum absolute atomic E-state index is 14.1. The normalized spacial score (nSPS) is 19.9. The van der Waals surface area contributed by atoms with Crippen LogP contribution in [-0.2, 0) is 27.1 Å². The van der Waals surface area contributed by atoms with Crippen LogP contribution in [0.25, 0.3) is 6.08 Å². The van der Waals surface area contributed by atoms with Gasteiger partial charge in [0.15, 0.2) is 0 Å². The third kappa shape index (κ3) is 8.40. The van der Waals surface area contributed by atoms with Crippen molar-refractivity contribution in [3.8, 4) is 5.75 Å².